The molecule has 1 atom stereocenters. The maximum Gasteiger partial charge on any atom is 0.252 e. The number of fused-ring (bicyclic) bond motifs is 1. The minimum Gasteiger partial charge on any atom is -0.345 e. The number of aromatic nitrogens is 4. The van der Waals surface area contributed by atoms with E-state index in [4.69, 9.17) is 4.98 Å². The van der Waals surface area contributed by atoms with E-state index >= 15 is 0 Å². The van der Waals surface area contributed by atoms with Crippen molar-refractivity contribution in [1.82, 2.24) is 25.1 Å². The molecule has 3 aromatic rings. The van der Waals surface area contributed by atoms with Crippen LogP contribution in [0.15, 0.2) is 36.8 Å². The van der Waals surface area contributed by atoms with Crippen molar-refractivity contribution in [3.8, 4) is 0 Å². The Labute approximate surface area is 152 Å². The van der Waals surface area contributed by atoms with Gasteiger partial charge in [-0.25, -0.2) is 9.67 Å². The van der Waals surface area contributed by atoms with Gasteiger partial charge >= 0.3 is 0 Å². The third kappa shape index (κ3) is 3.07. The lowest BCUT2D eigenvalue weighted by atomic mass is 10.1. The Balaban J connectivity index is 1.71. The third-order valence-corrected chi connectivity index (χ3v) is 4.87. The molecule has 1 aliphatic rings. The molecule has 3 aromatic heterocycles. The van der Waals surface area contributed by atoms with E-state index in [1.54, 1.807) is 18.6 Å². The van der Waals surface area contributed by atoms with Gasteiger partial charge < -0.3 is 5.32 Å². The fraction of sp³-hybridized carbons (Fsp3) is 0.400. The van der Waals surface area contributed by atoms with Crippen LogP contribution in [-0.2, 0) is 0 Å². The number of hydrogen-bond donors (Lipinski definition) is 1. The van der Waals surface area contributed by atoms with Gasteiger partial charge in [-0.2, -0.15) is 5.10 Å². The fourth-order valence-electron chi connectivity index (χ4n) is 3.20. The number of amides is 1. The summed E-state index contributed by atoms with van der Waals surface area (Å²) in [6.45, 7) is 6.12. The number of nitrogens with zero attached hydrogens (tertiary/aromatic N) is 4. The van der Waals surface area contributed by atoms with E-state index in [9.17, 15) is 4.79 Å². The minimum atomic E-state index is -0.0989. The standard InChI is InChI=1S/C20H23N5O/c1-12(2)25-19-17(11-22-25)16(10-18(24-19)15-4-5-15)20(26)23-13(3)14-6-8-21-9-7-14/h6-13,15H,4-5H2,1-3H3,(H,23,26). The fourth-order valence-corrected chi connectivity index (χ4v) is 3.20. The van der Waals surface area contributed by atoms with Crippen LogP contribution in [0.5, 0.6) is 0 Å². The monoisotopic (exact) mass is 349 g/mol. The van der Waals surface area contributed by atoms with Crippen molar-refractivity contribution in [2.45, 2.75) is 51.6 Å². The Morgan fingerprint density at radius 2 is 1.96 bits per heavy atom. The van der Waals surface area contributed by atoms with Gasteiger partial charge in [0.2, 0.25) is 0 Å². The zero-order chi connectivity index (χ0) is 18.3. The van der Waals surface area contributed by atoms with Crippen molar-refractivity contribution >= 4 is 16.9 Å². The molecule has 1 saturated carbocycles. The molecule has 1 N–H and O–H groups in total. The van der Waals surface area contributed by atoms with Crippen LogP contribution in [0.3, 0.4) is 0 Å². The first-order chi connectivity index (χ1) is 12.5. The zero-order valence-electron chi connectivity index (χ0n) is 15.3. The van der Waals surface area contributed by atoms with Crippen LogP contribution in [0.25, 0.3) is 11.0 Å². The largest absolute Gasteiger partial charge is 0.345 e. The first-order valence-corrected chi connectivity index (χ1v) is 9.13. The molecule has 1 aliphatic carbocycles. The molecule has 3 heterocycles. The van der Waals surface area contributed by atoms with Gasteiger partial charge in [0.05, 0.1) is 23.2 Å². The van der Waals surface area contributed by atoms with Gasteiger partial charge in [0.25, 0.3) is 5.91 Å². The summed E-state index contributed by atoms with van der Waals surface area (Å²) in [7, 11) is 0. The molecule has 0 radical (unpaired) electrons. The maximum atomic E-state index is 13.0. The van der Waals surface area contributed by atoms with Crippen molar-refractivity contribution in [1.29, 1.82) is 0 Å². The predicted molar refractivity (Wildman–Crippen MR) is 100 cm³/mol. The molecule has 0 aliphatic heterocycles. The normalized spacial score (nSPS) is 15.4. The van der Waals surface area contributed by atoms with Gasteiger partial charge in [0, 0.05) is 30.0 Å². The summed E-state index contributed by atoms with van der Waals surface area (Å²) in [5, 5.41) is 8.37. The second-order valence-corrected chi connectivity index (χ2v) is 7.26. The average Bonchev–Trinajstić information content (AvgIpc) is 3.40. The Morgan fingerprint density at radius 1 is 1.23 bits per heavy atom. The molecule has 26 heavy (non-hydrogen) atoms. The van der Waals surface area contributed by atoms with Crippen molar-refractivity contribution in [2.75, 3.05) is 0 Å². The second-order valence-electron chi connectivity index (χ2n) is 7.26. The molecule has 1 unspecified atom stereocenters. The van der Waals surface area contributed by atoms with E-state index in [-0.39, 0.29) is 18.0 Å². The smallest absolute Gasteiger partial charge is 0.252 e. The SMILES string of the molecule is CC(NC(=O)c1cc(C2CC2)nc2c1cnn2C(C)C)c1ccncc1. The van der Waals surface area contributed by atoms with Crippen molar-refractivity contribution in [3.63, 3.8) is 0 Å². The molecular weight excluding hydrogens is 326 g/mol. The van der Waals surface area contributed by atoms with Gasteiger partial charge in [-0.05, 0) is 57.4 Å². The van der Waals surface area contributed by atoms with Crippen LogP contribution in [-0.4, -0.2) is 25.7 Å². The summed E-state index contributed by atoms with van der Waals surface area (Å²) in [6.07, 6.45) is 7.51. The van der Waals surface area contributed by atoms with E-state index in [0.717, 1.165) is 35.1 Å². The molecular formula is C20H23N5O. The summed E-state index contributed by atoms with van der Waals surface area (Å²) in [6, 6.07) is 5.87. The summed E-state index contributed by atoms with van der Waals surface area (Å²) < 4.78 is 1.89. The summed E-state index contributed by atoms with van der Waals surface area (Å²) in [5.74, 6) is 0.381. The maximum absolute atomic E-state index is 13.0. The van der Waals surface area contributed by atoms with Gasteiger partial charge in [-0.1, -0.05) is 0 Å². The van der Waals surface area contributed by atoms with E-state index in [2.05, 4.69) is 29.2 Å². The zero-order valence-corrected chi connectivity index (χ0v) is 15.3. The van der Waals surface area contributed by atoms with Crippen LogP contribution in [0.4, 0.5) is 0 Å². The molecule has 0 spiro atoms. The van der Waals surface area contributed by atoms with E-state index in [1.807, 2.05) is 29.8 Å². The molecule has 0 saturated heterocycles. The Kier molecular flexibility index (Phi) is 4.18. The number of hydrogen-bond acceptors (Lipinski definition) is 4. The number of carbonyl (C=O) groups is 1. The molecule has 1 amide bonds. The van der Waals surface area contributed by atoms with Crippen LogP contribution in [0, 0.1) is 0 Å². The van der Waals surface area contributed by atoms with Crippen LogP contribution in [0.2, 0.25) is 0 Å². The lowest BCUT2D eigenvalue weighted by molar-refractivity contribution is 0.0941. The first kappa shape index (κ1) is 16.7. The minimum absolute atomic E-state index is 0.0908. The Morgan fingerprint density at radius 3 is 2.62 bits per heavy atom. The molecule has 6 heteroatoms. The third-order valence-electron chi connectivity index (χ3n) is 4.87. The molecule has 0 bridgehead atoms. The number of pyridine rings is 2. The number of carbonyl (C=O) groups excluding carboxylic acids is 1. The van der Waals surface area contributed by atoms with Gasteiger partial charge in [0.1, 0.15) is 0 Å². The summed E-state index contributed by atoms with van der Waals surface area (Å²) >= 11 is 0. The Bertz CT molecular complexity index is 943. The highest BCUT2D eigenvalue weighted by Crippen LogP contribution is 2.40. The van der Waals surface area contributed by atoms with Crippen molar-refractivity contribution in [2.24, 2.45) is 0 Å². The van der Waals surface area contributed by atoms with E-state index in [1.165, 1.54) is 0 Å². The number of nitrogens with one attached hydrogen (secondary N) is 1. The Hall–Kier alpha value is -2.76. The lowest BCUT2D eigenvalue weighted by Crippen LogP contribution is -2.27. The summed E-state index contributed by atoms with van der Waals surface area (Å²) in [5.41, 5.74) is 3.48. The molecule has 134 valence electrons. The highest BCUT2D eigenvalue weighted by atomic mass is 16.1. The van der Waals surface area contributed by atoms with Crippen LogP contribution >= 0.6 is 0 Å². The predicted octanol–water partition coefficient (Wildman–Crippen LogP) is 3.78. The summed E-state index contributed by atoms with van der Waals surface area (Å²) in [4.78, 5) is 21.9. The average molecular weight is 349 g/mol. The van der Waals surface area contributed by atoms with Gasteiger partial charge in [0.15, 0.2) is 5.65 Å². The topological polar surface area (TPSA) is 72.7 Å². The molecule has 0 aromatic carbocycles. The first-order valence-electron chi connectivity index (χ1n) is 9.13. The van der Waals surface area contributed by atoms with Crippen LogP contribution < -0.4 is 5.32 Å². The highest BCUT2D eigenvalue weighted by molar-refractivity contribution is 6.05. The van der Waals surface area contributed by atoms with Crippen molar-refractivity contribution < 1.29 is 4.79 Å². The van der Waals surface area contributed by atoms with Crippen molar-refractivity contribution in [3.05, 3.63) is 53.6 Å². The lowest BCUT2D eigenvalue weighted by Gasteiger charge is -2.15. The molecule has 1 fully saturated rings. The van der Waals surface area contributed by atoms with Crippen LogP contribution in [0.1, 0.15) is 73.2 Å². The highest BCUT2D eigenvalue weighted by Gasteiger charge is 2.28. The van der Waals surface area contributed by atoms with Gasteiger partial charge in [-0.15, -0.1) is 0 Å². The second kappa shape index (κ2) is 6.52. The van der Waals surface area contributed by atoms with Gasteiger partial charge in [-0.3, -0.25) is 9.78 Å². The molecule has 4 rings (SSSR count). The van der Waals surface area contributed by atoms with E-state index in [0.29, 0.717) is 11.5 Å². The molecule has 6 nitrogen and oxygen atoms in total. The van der Waals surface area contributed by atoms with E-state index < -0.39 is 0 Å². The quantitative estimate of drug-likeness (QED) is 0.761. The number of rotatable bonds is 5.